The molecule has 1 aliphatic heterocycles. The van der Waals surface area contributed by atoms with Gasteiger partial charge < -0.3 is 5.11 Å². The van der Waals surface area contributed by atoms with Gasteiger partial charge in [0, 0.05) is 0 Å². The topological polar surface area (TPSA) is 108 Å². The highest BCUT2D eigenvalue weighted by Gasteiger charge is 2.68. The van der Waals surface area contributed by atoms with E-state index >= 15 is 0 Å². The van der Waals surface area contributed by atoms with Crippen LogP contribution in [0.15, 0.2) is 30.3 Å². The summed E-state index contributed by atoms with van der Waals surface area (Å²) in [6.45, 7) is 0. The average Bonchev–Trinajstić information content (AvgIpc) is 2.78. The Labute approximate surface area is 128 Å². The summed E-state index contributed by atoms with van der Waals surface area (Å²) in [6.07, 6.45) is 3.74. The van der Waals surface area contributed by atoms with Crippen molar-refractivity contribution in [1.82, 2.24) is 10.9 Å². The number of nitrogens with one attached hydrogen (secondary N) is 2. The van der Waals surface area contributed by atoms with Crippen LogP contribution in [0.1, 0.15) is 32.1 Å². The molecular weight excluding hydrogens is 284 g/mol. The van der Waals surface area contributed by atoms with E-state index in [4.69, 9.17) is 5.84 Å². The first-order valence-electron chi connectivity index (χ1n) is 7.46. The third-order valence-electron chi connectivity index (χ3n) is 4.80. The molecule has 2 aliphatic rings. The molecule has 1 spiro atoms. The lowest BCUT2D eigenvalue weighted by molar-refractivity contribution is -0.157. The minimum atomic E-state index is -2.20. The summed E-state index contributed by atoms with van der Waals surface area (Å²) in [4.78, 5) is 24.7. The number of aliphatic hydroxyl groups is 1. The summed E-state index contributed by atoms with van der Waals surface area (Å²) in [5.41, 5.74) is 2.13. The molecule has 0 radical (unpaired) electrons. The molecule has 1 heterocycles. The Kier molecular flexibility index (Phi) is 3.54. The van der Waals surface area contributed by atoms with Gasteiger partial charge in [0.1, 0.15) is 5.54 Å². The third-order valence-corrected chi connectivity index (χ3v) is 4.80. The summed E-state index contributed by atoms with van der Waals surface area (Å²) in [5.74, 6) is 3.61. The lowest BCUT2D eigenvalue weighted by atomic mass is 9.69. The number of hydrogen-bond acceptors (Lipinski definition) is 5. The van der Waals surface area contributed by atoms with Crippen molar-refractivity contribution in [2.75, 3.05) is 5.01 Å². The van der Waals surface area contributed by atoms with Crippen LogP contribution in [0.3, 0.4) is 0 Å². The molecule has 1 aromatic carbocycles. The molecule has 1 aromatic rings. The van der Waals surface area contributed by atoms with Gasteiger partial charge in [-0.2, -0.15) is 0 Å². The van der Waals surface area contributed by atoms with Gasteiger partial charge in [0.25, 0.3) is 11.8 Å². The van der Waals surface area contributed by atoms with Crippen molar-refractivity contribution in [3.8, 4) is 0 Å². The van der Waals surface area contributed by atoms with Gasteiger partial charge in [0.15, 0.2) is 0 Å². The van der Waals surface area contributed by atoms with Gasteiger partial charge in [0.05, 0.1) is 5.69 Å². The van der Waals surface area contributed by atoms with Gasteiger partial charge >= 0.3 is 0 Å². The first-order chi connectivity index (χ1) is 10.6. The molecule has 3 rings (SSSR count). The van der Waals surface area contributed by atoms with Crippen LogP contribution in [0.25, 0.3) is 0 Å². The van der Waals surface area contributed by atoms with Crippen LogP contribution in [-0.2, 0) is 9.59 Å². The van der Waals surface area contributed by atoms with E-state index in [0.717, 1.165) is 24.9 Å². The molecule has 22 heavy (non-hydrogen) atoms. The molecule has 1 atom stereocenters. The maximum absolute atomic E-state index is 12.4. The molecule has 1 aliphatic carbocycles. The Morgan fingerprint density at radius 1 is 1.23 bits per heavy atom. The summed E-state index contributed by atoms with van der Waals surface area (Å²) in [5, 5.41) is 12.6. The molecule has 5 N–H and O–H groups in total. The molecule has 1 saturated heterocycles. The van der Waals surface area contributed by atoms with Crippen LogP contribution in [0.4, 0.5) is 5.69 Å². The molecule has 0 bridgehead atoms. The number of amides is 2. The van der Waals surface area contributed by atoms with Crippen molar-refractivity contribution < 1.29 is 14.7 Å². The molecule has 2 amide bonds. The van der Waals surface area contributed by atoms with Crippen LogP contribution >= 0.6 is 0 Å². The van der Waals surface area contributed by atoms with E-state index in [1.54, 1.807) is 5.01 Å². The fraction of sp³-hybridized carbons (Fsp3) is 0.467. The van der Waals surface area contributed by atoms with Gasteiger partial charge in [-0.3, -0.25) is 25.4 Å². The second kappa shape index (κ2) is 5.26. The molecule has 0 aromatic heterocycles. The Hall–Kier alpha value is -2.12. The van der Waals surface area contributed by atoms with Gasteiger partial charge in [-0.25, -0.2) is 5.84 Å². The number of rotatable bonds is 2. The molecule has 7 heteroatoms. The van der Waals surface area contributed by atoms with E-state index in [1.165, 1.54) is 0 Å². The summed E-state index contributed by atoms with van der Waals surface area (Å²) in [7, 11) is 0. The molecular formula is C15H20N4O3. The maximum Gasteiger partial charge on any atom is 0.283 e. The number of hydrazine groups is 2. The first-order valence-corrected chi connectivity index (χ1v) is 7.46. The molecule has 118 valence electrons. The quantitative estimate of drug-likeness (QED) is 0.265. The van der Waals surface area contributed by atoms with Crippen molar-refractivity contribution in [3.63, 3.8) is 0 Å². The number of nitrogens with zero attached hydrogens (tertiary/aromatic N) is 1. The number of carbonyl (C=O) groups is 2. The standard InChI is InChI=1S/C15H20N4O3/c16-17-12(20)15(22)13(21)18-19(11-7-3-1-4-8-11)14(15)9-5-2-6-10-14/h1,3-4,7-8,22H,2,5-6,9-10,16H2,(H,17,20)(H,18,21). The zero-order valence-electron chi connectivity index (χ0n) is 12.2. The van der Waals surface area contributed by atoms with Crippen molar-refractivity contribution in [2.45, 2.75) is 43.2 Å². The summed E-state index contributed by atoms with van der Waals surface area (Å²) >= 11 is 0. The smallest absolute Gasteiger partial charge is 0.283 e. The maximum atomic E-state index is 12.4. The first kappa shape index (κ1) is 14.8. The van der Waals surface area contributed by atoms with Crippen LogP contribution < -0.4 is 21.7 Å². The number of carbonyl (C=O) groups excluding carboxylic acids is 2. The second-order valence-corrected chi connectivity index (χ2v) is 5.89. The van der Waals surface area contributed by atoms with E-state index < -0.39 is 23.0 Å². The molecule has 1 unspecified atom stereocenters. The highest BCUT2D eigenvalue weighted by atomic mass is 16.3. The molecule has 2 fully saturated rings. The highest BCUT2D eigenvalue weighted by Crippen LogP contribution is 2.46. The van der Waals surface area contributed by atoms with E-state index in [-0.39, 0.29) is 0 Å². The van der Waals surface area contributed by atoms with Gasteiger partial charge in [0.2, 0.25) is 5.60 Å². The SMILES string of the molecule is NNC(=O)C1(O)C(=O)NN(c2ccccc2)C12CCCCC2. The predicted molar refractivity (Wildman–Crippen MR) is 80.2 cm³/mol. The van der Waals surface area contributed by atoms with Crippen LogP contribution in [0, 0.1) is 0 Å². The van der Waals surface area contributed by atoms with Crippen molar-refractivity contribution in [2.24, 2.45) is 5.84 Å². The lowest BCUT2D eigenvalue weighted by Gasteiger charge is -2.46. The van der Waals surface area contributed by atoms with Crippen molar-refractivity contribution >= 4 is 17.5 Å². The number of benzene rings is 1. The van der Waals surface area contributed by atoms with Crippen molar-refractivity contribution in [1.29, 1.82) is 0 Å². The summed E-state index contributed by atoms with van der Waals surface area (Å²) < 4.78 is 0. The van der Waals surface area contributed by atoms with Crippen LogP contribution in [0.2, 0.25) is 0 Å². The Bertz CT molecular complexity index is 586. The minimum absolute atomic E-state index is 0.532. The van der Waals surface area contributed by atoms with E-state index in [2.05, 4.69) is 5.43 Å². The fourth-order valence-corrected chi connectivity index (χ4v) is 3.69. The number of para-hydroxylation sites is 1. The lowest BCUT2D eigenvalue weighted by Crippen LogP contribution is -2.68. The van der Waals surface area contributed by atoms with Crippen LogP contribution in [0.5, 0.6) is 0 Å². The minimum Gasteiger partial charge on any atom is -0.370 e. The Morgan fingerprint density at radius 3 is 2.45 bits per heavy atom. The zero-order chi connectivity index (χ0) is 15.8. The third kappa shape index (κ3) is 1.82. The largest absolute Gasteiger partial charge is 0.370 e. The predicted octanol–water partition coefficient (Wildman–Crippen LogP) is -0.0383. The van der Waals surface area contributed by atoms with Gasteiger partial charge in [-0.15, -0.1) is 0 Å². The van der Waals surface area contributed by atoms with E-state index in [9.17, 15) is 14.7 Å². The Morgan fingerprint density at radius 2 is 1.86 bits per heavy atom. The van der Waals surface area contributed by atoms with E-state index in [1.807, 2.05) is 35.8 Å². The number of nitrogens with two attached hydrogens (primary N) is 1. The fourth-order valence-electron chi connectivity index (χ4n) is 3.69. The second-order valence-electron chi connectivity index (χ2n) is 5.89. The number of anilines is 1. The highest BCUT2D eigenvalue weighted by molar-refractivity contribution is 6.13. The average molecular weight is 304 g/mol. The van der Waals surface area contributed by atoms with Gasteiger partial charge in [-0.1, -0.05) is 37.5 Å². The Balaban J connectivity index is 2.12. The number of hydrogen-bond donors (Lipinski definition) is 4. The van der Waals surface area contributed by atoms with Crippen LogP contribution in [-0.4, -0.2) is 28.1 Å². The zero-order valence-corrected chi connectivity index (χ0v) is 12.2. The van der Waals surface area contributed by atoms with Crippen molar-refractivity contribution in [3.05, 3.63) is 30.3 Å². The summed E-state index contributed by atoms with van der Waals surface area (Å²) in [6, 6.07) is 9.23. The normalized spacial score (nSPS) is 26.8. The monoisotopic (exact) mass is 304 g/mol. The van der Waals surface area contributed by atoms with Gasteiger partial charge in [-0.05, 0) is 25.0 Å². The molecule has 7 nitrogen and oxygen atoms in total. The molecule has 1 saturated carbocycles. The van der Waals surface area contributed by atoms with E-state index in [0.29, 0.717) is 12.8 Å².